The zero-order valence-corrected chi connectivity index (χ0v) is 9.55. The van der Waals surface area contributed by atoms with Gasteiger partial charge in [-0.25, -0.2) is 4.79 Å². The van der Waals surface area contributed by atoms with Gasteiger partial charge in [-0.15, -0.1) is 0 Å². The van der Waals surface area contributed by atoms with E-state index in [1.807, 2.05) is 6.07 Å². The van der Waals surface area contributed by atoms with Gasteiger partial charge in [-0.05, 0) is 12.1 Å². The van der Waals surface area contributed by atoms with Crippen LogP contribution in [0.1, 0.15) is 24.0 Å². The van der Waals surface area contributed by atoms with Crippen molar-refractivity contribution in [2.45, 2.75) is 18.4 Å². The average molecular weight is 242 g/mol. The Hall–Kier alpha value is -2.35. The third kappa shape index (κ3) is 1.54. The van der Waals surface area contributed by atoms with E-state index in [1.165, 1.54) is 0 Å². The van der Waals surface area contributed by atoms with Crippen LogP contribution in [-0.4, -0.2) is 23.9 Å². The highest BCUT2D eigenvalue weighted by molar-refractivity contribution is 6.05. The Morgan fingerprint density at radius 3 is 3.06 bits per heavy atom. The van der Waals surface area contributed by atoms with E-state index in [2.05, 4.69) is 11.2 Å². The first kappa shape index (κ1) is 10.8. The highest BCUT2D eigenvalue weighted by Crippen LogP contribution is 2.35. The van der Waals surface area contributed by atoms with Gasteiger partial charge < -0.3 is 9.57 Å². The summed E-state index contributed by atoms with van der Waals surface area (Å²) in [6, 6.07) is 9.17. The van der Waals surface area contributed by atoms with Gasteiger partial charge in [0, 0.05) is 18.4 Å². The van der Waals surface area contributed by atoms with Gasteiger partial charge in [0.1, 0.15) is 0 Å². The molecule has 0 N–H and O–H groups in total. The third-order valence-corrected chi connectivity index (χ3v) is 3.22. The fourth-order valence-electron chi connectivity index (χ4n) is 2.19. The monoisotopic (exact) mass is 242 g/mol. The lowest BCUT2D eigenvalue weighted by atomic mass is 9.92. The zero-order chi connectivity index (χ0) is 12.6. The lowest BCUT2D eigenvalue weighted by molar-refractivity contribution is -0.155. The van der Waals surface area contributed by atoms with Gasteiger partial charge in [-0.1, -0.05) is 17.3 Å². The predicted octanol–water partition coefficient (Wildman–Crippen LogP) is 1.37. The van der Waals surface area contributed by atoms with Crippen LogP contribution in [-0.2, 0) is 14.4 Å². The molecule has 0 saturated carbocycles. The second-order valence-electron chi connectivity index (χ2n) is 4.38. The number of nitrogens with zero attached hydrogens (tertiary/aromatic N) is 2. The summed E-state index contributed by atoms with van der Waals surface area (Å²) in [6.07, 6.45) is 0.928. The third-order valence-electron chi connectivity index (χ3n) is 3.22. The van der Waals surface area contributed by atoms with E-state index >= 15 is 0 Å². The second kappa shape index (κ2) is 3.84. The van der Waals surface area contributed by atoms with Gasteiger partial charge in [0.25, 0.3) is 0 Å². The molecular formula is C13H10N2O3. The Kier molecular flexibility index (Phi) is 2.30. The zero-order valence-electron chi connectivity index (χ0n) is 9.55. The van der Waals surface area contributed by atoms with E-state index < -0.39 is 5.60 Å². The van der Waals surface area contributed by atoms with Gasteiger partial charge in [0.2, 0.25) is 5.60 Å². The first-order chi connectivity index (χ1) is 8.73. The van der Waals surface area contributed by atoms with Crippen molar-refractivity contribution >= 4 is 11.7 Å². The fourth-order valence-corrected chi connectivity index (χ4v) is 2.19. The number of hydrogen-bond acceptors (Lipinski definition) is 5. The summed E-state index contributed by atoms with van der Waals surface area (Å²) in [5, 5.41) is 12.8. The number of cyclic esters (lactones) is 1. The summed E-state index contributed by atoms with van der Waals surface area (Å²) >= 11 is 0. The first-order valence-corrected chi connectivity index (χ1v) is 5.66. The summed E-state index contributed by atoms with van der Waals surface area (Å²) in [7, 11) is 0. The summed E-state index contributed by atoms with van der Waals surface area (Å²) in [5.74, 6) is -0.349. The second-order valence-corrected chi connectivity index (χ2v) is 4.38. The topological polar surface area (TPSA) is 71.7 Å². The Bertz CT molecular complexity index is 588. The molecule has 0 aliphatic carbocycles. The van der Waals surface area contributed by atoms with Crippen molar-refractivity contribution in [2.75, 3.05) is 6.61 Å². The van der Waals surface area contributed by atoms with Gasteiger partial charge in [0.15, 0.2) is 0 Å². The molecule has 2 aliphatic rings. The van der Waals surface area contributed by atoms with Crippen LogP contribution in [0.3, 0.4) is 0 Å². The van der Waals surface area contributed by atoms with E-state index in [0.29, 0.717) is 30.7 Å². The number of rotatable bonds is 1. The van der Waals surface area contributed by atoms with Crippen LogP contribution in [0.4, 0.5) is 0 Å². The van der Waals surface area contributed by atoms with Crippen LogP contribution in [0, 0.1) is 11.3 Å². The van der Waals surface area contributed by atoms with Crippen LogP contribution >= 0.6 is 0 Å². The minimum atomic E-state index is -0.933. The first-order valence-electron chi connectivity index (χ1n) is 5.66. The van der Waals surface area contributed by atoms with Crippen molar-refractivity contribution in [3.05, 3.63) is 35.4 Å². The number of carbonyl (C=O) groups is 1. The van der Waals surface area contributed by atoms with Crippen LogP contribution in [0.15, 0.2) is 29.4 Å². The quantitative estimate of drug-likeness (QED) is 0.697. The molecule has 2 aliphatic heterocycles. The van der Waals surface area contributed by atoms with Crippen LogP contribution < -0.4 is 0 Å². The Morgan fingerprint density at radius 2 is 2.33 bits per heavy atom. The molecule has 90 valence electrons. The number of carbonyl (C=O) groups excluding carboxylic acids is 1. The van der Waals surface area contributed by atoms with Crippen molar-refractivity contribution in [1.29, 1.82) is 5.26 Å². The minimum absolute atomic E-state index is 0.349. The van der Waals surface area contributed by atoms with Gasteiger partial charge in [0.05, 0.1) is 24.0 Å². The molecule has 3 rings (SSSR count). The Morgan fingerprint density at radius 1 is 1.44 bits per heavy atom. The summed E-state index contributed by atoms with van der Waals surface area (Å²) in [5.41, 5.74) is 1.12. The van der Waals surface area contributed by atoms with E-state index in [0.717, 1.165) is 5.56 Å². The molecule has 2 heterocycles. The molecule has 1 atom stereocenters. The molecule has 1 unspecified atom stereocenters. The SMILES string of the molecule is N#Cc1cccc(C2=NOC3(CCOC3=O)C2)c1. The van der Waals surface area contributed by atoms with E-state index in [1.54, 1.807) is 18.2 Å². The van der Waals surface area contributed by atoms with E-state index in [-0.39, 0.29) is 5.97 Å². The number of esters is 1. The summed E-state index contributed by atoms with van der Waals surface area (Å²) in [6.45, 7) is 0.375. The average Bonchev–Trinajstić information content (AvgIpc) is 2.99. The number of oxime groups is 1. The largest absolute Gasteiger partial charge is 0.462 e. The predicted molar refractivity (Wildman–Crippen MR) is 61.7 cm³/mol. The molecule has 0 amide bonds. The van der Waals surface area contributed by atoms with Crippen LogP contribution in [0.25, 0.3) is 0 Å². The van der Waals surface area contributed by atoms with Crippen molar-refractivity contribution in [3.8, 4) is 6.07 Å². The number of hydrogen-bond donors (Lipinski definition) is 0. The summed E-state index contributed by atoms with van der Waals surface area (Å²) < 4.78 is 4.93. The Balaban J connectivity index is 1.87. The molecule has 1 spiro atoms. The van der Waals surface area contributed by atoms with Crippen molar-refractivity contribution in [3.63, 3.8) is 0 Å². The molecule has 0 aromatic heterocycles. The molecule has 0 bridgehead atoms. The molecule has 18 heavy (non-hydrogen) atoms. The highest BCUT2D eigenvalue weighted by atomic mass is 16.7. The lowest BCUT2D eigenvalue weighted by Gasteiger charge is -2.14. The Labute approximate surface area is 104 Å². The van der Waals surface area contributed by atoms with Crippen molar-refractivity contribution in [1.82, 2.24) is 0 Å². The molecule has 5 nitrogen and oxygen atoms in total. The van der Waals surface area contributed by atoms with E-state index in [4.69, 9.17) is 14.8 Å². The van der Waals surface area contributed by atoms with Gasteiger partial charge in [-0.2, -0.15) is 5.26 Å². The molecule has 1 saturated heterocycles. The number of ether oxygens (including phenoxy) is 1. The molecule has 1 aromatic rings. The maximum atomic E-state index is 11.6. The molecule has 1 aromatic carbocycles. The standard InChI is InChI=1S/C13H10N2O3/c14-8-9-2-1-3-10(6-9)11-7-13(18-15-11)4-5-17-12(13)16/h1-3,6H,4-5,7H2. The van der Waals surface area contributed by atoms with Crippen LogP contribution in [0.5, 0.6) is 0 Å². The lowest BCUT2D eigenvalue weighted by Crippen LogP contribution is -2.34. The molecule has 5 heteroatoms. The van der Waals surface area contributed by atoms with Crippen LogP contribution in [0.2, 0.25) is 0 Å². The number of benzene rings is 1. The maximum absolute atomic E-state index is 11.6. The molecular weight excluding hydrogens is 232 g/mol. The smallest absolute Gasteiger partial charge is 0.353 e. The molecule has 1 fully saturated rings. The minimum Gasteiger partial charge on any atom is -0.462 e. The van der Waals surface area contributed by atoms with Crippen molar-refractivity contribution in [2.24, 2.45) is 5.16 Å². The normalized spacial score (nSPS) is 25.5. The summed E-state index contributed by atoms with van der Waals surface area (Å²) in [4.78, 5) is 16.9. The van der Waals surface area contributed by atoms with Gasteiger partial charge in [-0.3, -0.25) is 0 Å². The maximum Gasteiger partial charge on any atom is 0.353 e. The molecule has 0 radical (unpaired) electrons. The highest BCUT2D eigenvalue weighted by Gasteiger charge is 2.51. The number of nitriles is 1. The van der Waals surface area contributed by atoms with E-state index in [9.17, 15) is 4.79 Å². The van der Waals surface area contributed by atoms with Crippen molar-refractivity contribution < 1.29 is 14.4 Å². The fraction of sp³-hybridized carbons (Fsp3) is 0.308. The van der Waals surface area contributed by atoms with Gasteiger partial charge >= 0.3 is 5.97 Å².